The summed E-state index contributed by atoms with van der Waals surface area (Å²) in [4.78, 5) is 16.5. The Bertz CT molecular complexity index is 1220. The Balaban J connectivity index is 1.47. The van der Waals surface area contributed by atoms with Crippen LogP contribution in [-0.4, -0.2) is 49.9 Å². The summed E-state index contributed by atoms with van der Waals surface area (Å²) in [6.07, 6.45) is 1.62. The highest BCUT2D eigenvalue weighted by Gasteiger charge is 2.26. The molecule has 31 heavy (non-hydrogen) atoms. The Morgan fingerprint density at radius 2 is 2.03 bits per heavy atom. The molecular weight excluding hydrogens is 448 g/mol. The summed E-state index contributed by atoms with van der Waals surface area (Å²) in [5.41, 5.74) is 0.170. The number of hydrogen-bond donors (Lipinski definition) is 1. The topological polar surface area (TPSA) is 88.6 Å². The molecule has 7 nitrogen and oxygen atoms in total. The monoisotopic (exact) mass is 467 g/mol. The van der Waals surface area contributed by atoms with Gasteiger partial charge >= 0.3 is 0 Å². The fraction of sp³-hybridized carbons (Fsp3) is 0.300. The maximum absolute atomic E-state index is 13.8. The van der Waals surface area contributed by atoms with E-state index < -0.39 is 27.6 Å². The number of hydrogen-bond acceptors (Lipinski definition) is 6. The average Bonchev–Trinajstić information content (AvgIpc) is 3.37. The van der Waals surface area contributed by atoms with Gasteiger partial charge in [-0.3, -0.25) is 10.1 Å². The summed E-state index contributed by atoms with van der Waals surface area (Å²) in [5.74, 6) is -2.09. The molecule has 164 valence electrons. The third-order valence-electron chi connectivity index (χ3n) is 4.94. The second kappa shape index (κ2) is 8.58. The first-order valence-corrected chi connectivity index (χ1v) is 11.7. The molecule has 0 spiro atoms. The van der Waals surface area contributed by atoms with Crippen molar-refractivity contribution in [3.8, 4) is 0 Å². The van der Waals surface area contributed by atoms with Crippen LogP contribution in [0.2, 0.25) is 0 Å². The van der Waals surface area contributed by atoms with E-state index in [1.54, 1.807) is 0 Å². The van der Waals surface area contributed by atoms with E-state index in [2.05, 4.69) is 10.3 Å². The molecule has 1 atom stereocenters. The number of carbonyl (C=O) groups is 1. The lowest BCUT2D eigenvalue weighted by molar-refractivity contribution is 0.0979. The van der Waals surface area contributed by atoms with Gasteiger partial charge in [0.25, 0.3) is 5.91 Å². The molecule has 0 aliphatic carbocycles. The zero-order chi connectivity index (χ0) is 22.2. The Labute approximate surface area is 181 Å². The standard InChI is InChI=1S/C20H19F2N3O4S2/c1-25(11-14-3-2-8-29-14)31(27,28)15-6-4-12(5-7-15)19(26)24-20-23-18-16(22)9-13(21)10-17(18)30-20/h4-7,9-10,14H,2-3,8,11H2,1H3,(H,23,24,26)/t14-/m1/s1. The number of benzene rings is 2. The smallest absolute Gasteiger partial charge is 0.257 e. The zero-order valence-electron chi connectivity index (χ0n) is 16.5. The van der Waals surface area contributed by atoms with Gasteiger partial charge in [-0.2, -0.15) is 4.31 Å². The first-order chi connectivity index (χ1) is 14.7. The molecule has 0 unspecified atom stereocenters. The average molecular weight is 468 g/mol. The highest BCUT2D eigenvalue weighted by atomic mass is 32.2. The normalized spacial score (nSPS) is 16.8. The Kier molecular flexibility index (Phi) is 6.02. The first-order valence-electron chi connectivity index (χ1n) is 9.49. The summed E-state index contributed by atoms with van der Waals surface area (Å²) < 4.78 is 59.6. The van der Waals surface area contributed by atoms with E-state index in [1.165, 1.54) is 35.6 Å². The number of nitrogens with zero attached hydrogens (tertiary/aromatic N) is 2. The van der Waals surface area contributed by atoms with Crippen molar-refractivity contribution >= 4 is 42.6 Å². The van der Waals surface area contributed by atoms with Crippen molar-refractivity contribution in [2.75, 3.05) is 25.5 Å². The van der Waals surface area contributed by atoms with Crippen LogP contribution in [-0.2, 0) is 14.8 Å². The minimum absolute atomic E-state index is 0.0302. The van der Waals surface area contributed by atoms with Gasteiger partial charge in [0.2, 0.25) is 10.0 Å². The number of nitrogens with one attached hydrogen (secondary N) is 1. The molecule has 2 aromatic carbocycles. The van der Waals surface area contributed by atoms with Crippen molar-refractivity contribution in [1.82, 2.24) is 9.29 Å². The number of sulfonamides is 1. The number of aromatic nitrogens is 1. The van der Waals surface area contributed by atoms with Crippen molar-refractivity contribution in [3.63, 3.8) is 0 Å². The molecule has 1 N–H and O–H groups in total. The second-order valence-electron chi connectivity index (χ2n) is 7.15. The van der Waals surface area contributed by atoms with Gasteiger partial charge in [-0.15, -0.1) is 0 Å². The molecule has 1 aliphatic rings. The number of fused-ring (bicyclic) bond motifs is 1. The minimum Gasteiger partial charge on any atom is -0.377 e. The third kappa shape index (κ3) is 4.59. The lowest BCUT2D eigenvalue weighted by Crippen LogP contribution is -2.34. The van der Waals surface area contributed by atoms with Crippen LogP contribution in [0.3, 0.4) is 0 Å². The number of rotatable bonds is 6. The number of ether oxygens (including phenoxy) is 1. The third-order valence-corrected chi connectivity index (χ3v) is 7.70. The molecule has 1 saturated heterocycles. The van der Waals surface area contributed by atoms with Crippen LogP contribution in [0.1, 0.15) is 23.2 Å². The number of thiazole rings is 1. The number of likely N-dealkylation sites (N-methyl/N-ethyl adjacent to an activating group) is 1. The fourth-order valence-electron chi connectivity index (χ4n) is 3.31. The largest absolute Gasteiger partial charge is 0.377 e. The summed E-state index contributed by atoms with van der Waals surface area (Å²) in [5, 5.41) is 2.64. The van der Waals surface area contributed by atoms with E-state index in [0.717, 1.165) is 36.3 Å². The van der Waals surface area contributed by atoms with Crippen molar-refractivity contribution in [1.29, 1.82) is 0 Å². The highest BCUT2D eigenvalue weighted by Crippen LogP contribution is 2.29. The molecule has 1 aromatic heterocycles. The van der Waals surface area contributed by atoms with E-state index >= 15 is 0 Å². The van der Waals surface area contributed by atoms with Gasteiger partial charge in [0, 0.05) is 31.8 Å². The molecule has 1 aliphatic heterocycles. The van der Waals surface area contributed by atoms with Crippen LogP contribution in [0.15, 0.2) is 41.3 Å². The number of halogens is 2. The van der Waals surface area contributed by atoms with E-state index in [-0.39, 0.29) is 38.5 Å². The Morgan fingerprint density at radius 3 is 2.71 bits per heavy atom. The van der Waals surface area contributed by atoms with Gasteiger partial charge in [-0.05, 0) is 43.2 Å². The van der Waals surface area contributed by atoms with Gasteiger partial charge in [-0.1, -0.05) is 11.3 Å². The molecule has 1 fully saturated rings. The zero-order valence-corrected chi connectivity index (χ0v) is 18.1. The van der Waals surface area contributed by atoms with Gasteiger partial charge < -0.3 is 4.74 Å². The molecule has 0 bridgehead atoms. The van der Waals surface area contributed by atoms with Crippen LogP contribution in [0.4, 0.5) is 13.9 Å². The van der Waals surface area contributed by atoms with Gasteiger partial charge in [0.05, 0.1) is 15.7 Å². The maximum Gasteiger partial charge on any atom is 0.257 e. The summed E-state index contributed by atoms with van der Waals surface area (Å²) in [6, 6.07) is 7.33. The first kappa shape index (κ1) is 21.8. The van der Waals surface area contributed by atoms with Crippen LogP contribution < -0.4 is 5.32 Å². The van der Waals surface area contributed by atoms with Crippen molar-refractivity contribution < 1.29 is 26.7 Å². The SMILES string of the molecule is CN(C[C@H]1CCCO1)S(=O)(=O)c1ccc(C(=O)Nc2nc3c(F)cc(F)cc3s2)cc1. The molecule has 1 amide bonds. The maximum atomic E-state index is 13.8. The Morgan fingerprint density at radius 1 is 1.29 bits per heavy atom. The fourth-order valence-corrected chi connectivity index (χ4v) is 5.41. The summed E-state index contributed by atoms with van der Waals surface area (Å²) >= 11 is 0.937. The molecule has 2 heterocycles. The van der Waals surface area contributed by atoms with Gasteiger partial charge in [0.1, 0.15) is 11.3 Å². The minimum atomic E-state index is -3.72. The lowest BCUT2D eigenvalue weighted by Gasteiger charge is -2.20. The summed E-state index contributed by atoms with van der Waals surface area (Å²) in [7, 11) is -2.23. The number of amides is 1. The Hall–Kier alpha value is -2.47. The number of carbonyl (C=O) groups excluding carboxylic acids is 1. The quantitative estimate of drug-likeness (QED) is 0.598. The predicted octanol–water partition coefficient (Wildman–Crippen LogP) is 3.63. The summed E-state index contributed by atoms with van der Waals surface area (Å²) in [6.45, 7) is 0.901. The van der Waals surface area contributed by atoms with E-state index in [4.69, 9.17) is 4.74 Å². The molecular formula is C20H19F2N3O4S2. The predicted molar refractivity (Wildman–Crippen MR) is 113 cm³/mol. The van der Waals surface area contributed by atoms with Crippen molar-refractivity contribution in [2.45, 2.75) is 23.8 Å². The molecule has 0 saturated carbocycles. The van der Waals surface area contributed by atoms with Crippen LogP contribution in [0.5, 0.6) is 0 Å². The van der Waals surface area contributed by atoms with Crippen molar-refractivity contribution in [2.24, 2.45) is 0 Å². The van der Waals surface area contributed by atoms with Crippen LogP contribution >= 0.6 is 11.3 Å². The van der Waals surface area contributed by atoms with E-state index in [0.29, 0.717) is 6.61 Å². The van der Waals surface area contributed by atoms with E-state index in [9.17, 15) is 22.0 Å². The van der Waals surface area contributed by atoms with Crippen LogP contribution in [0.25, 0.3) is 10.2 Å². The highest BCUT2D eigenvalue weighted by molar-refractivity contribution is 7.89. The molecule has 3 aromatic rings. The molecule has 0 radical (unpaired) electrons. The van der Waals surface area contributed by atoms with Crippen LogP contribution in [0, 0.1) is 11.6 Å². The molecule has 4 rings (SSSR count). The second-order valence-corrected chi connectivity index (χ2v) is 10.2. The number of anilines is 1. The van der Waals surface area contributed by atoms with Gasteiger partial charge in [0.15, 0.2) is 10.9 Å². The van der Waals surface area contributed by atoms with Gasteiger partial charge in [-0.25, -0.2) is 22.2 Å². The van der Waals surface area contributed by atoms with E-state index in [1.807, 2.05) is 0 Å². The molecule has 11 heteroatoms. The van der Waals surface area contributed by atoms with Crippen molar-refractivity contribution in [3.05, 3.63) is 53.6 Å². The lowest BCUT2D eigenvalue weighted by atomic mass is 10.2.